The molecule has 1 saturated heterocycles. The molecule has 1 fully saturated rings. The zero-order chi connectivity index (χ0) is 11.4. The maximum absolute atomic E-state index is 11.5. The summed E-state index contributed by atoms with van der Waals surface area (Å²) in [6.45, 7) is 3.41. The van der Waals surface area contributed by atoms with Crippen molar-refractivity contribution in [2.75, 3.05) is 6.54 Å². The van der Waals surface area contributed by atoms with E-state index in [9.17, 15) is 14.4 Å². The summed E-state index contributed by atoms with van der Waals surface area (Å²) in [6.07, 6.45) is 0.304. The number of amides is 3. The molecule has 15 heavy (non-hydrogen) atoms. The summed E-state index contributed by atoms with van der Waals surface area (Å²) in [5.41, 5.74) is 0. The first-order valence-electron chi connectivity index (χ1n) is 4.83. The van der Waals surface area contributed by atoms with Gasteiger partial charge in [0.05, 0.1) is 6.04 Å². The lowest BCUT2D eigenvalue weighted by atomic mass is 10.2. The van der Waals surface area contributed by atoms with Crippen molar-refractivity contribution < 1.29 is 14.4 Å². The molecule has 0 bridgehead atoms. The van der Waals surface area contributed by atoms with Gasteiger partial charge >= 0.3 is 0 Å². The Labute approximate surface area is 87.8 Å². The summed E-state index contributed by atoms with van der Waals surface area (Å²) in [5.74, 6) is -0.586. The molecule has 6 nitrogen and oxygen atoms in total. The molecule has 0 aliphatic carbocycles. The van der Waals surface area contributed by atoms with Crippen LogP contribution in [0.1, 0.15) is 20.3 Å². The average Bonchev–Trinajstić information content (AvgIpc) is 2.50. The Kier molecular flexibility index (Phi) is 3.65. The second kappa shape index (κ2) is 4.77. The Morgan fingerprint density at radius 1 is 1.53 bits per heavy atom. The van der Waals surface area contributed by atoms with Crippen molar-refractivity contribution in [3.8, 4) is 0 Å². The van der Waals surface area contributed by atoms with Crippen molar-refractivity contribution in [3.05, 3.63) is 0 Å². The molecule has 0 aromatic carbocycles. The predicted molar refractivity (Wildman–Crippen MR) is 52.8 cm³/mol. The molecule has 1 heterocycles. The molecule has 0 aromatic heterocycles. The maximum atomic E-state index is 11.5. The fourth-order valence-electron chi connectivity index (χ4n) is 1.40. The van der Waals surface area contributed by atoms with Gasteiger partial charge in [-0.3, -0.25) is 14.4 Å². The average molecular weight is 213 g/mol. The molecule has 1 aliphatic heterocycles. The number of carbonyl (C=O) groups is 3. The number of rotatable bonds is 3. The van der Waals surface area contributed by atoms with Gasteiger partial charge in [0.25, 0.3) is 0 Å². The molecule has 0 aromatic rings. The lowest BCUT2D eigenvalue weighted by Gasteiger charge is -2.15. The minimum Gasteiger partial charge on any atom is -0.354 e. The van der Waals surface area contributed by atoms with Gasteiger partial charge in [0.15, 0.2) is 0 Å². The fourth-order valence-corrected chi connectivity index (χ4v) is 1.40. The van der Waals surface area contributed by atoms with Gasteiger partial charge in [0, 0.05) is 19.9 Å². The normalized spacial score (nSPS) is 21.7. The first-order chi connectivity index (χ1) is 6.99. The highest BCUT2D eigenvalue weighted by Crippen LogP contribution is 1.99. The van der Waals surface area contributed by atoms with E-state index in [4.69, 9.17) is 0 Å². The quantitative estimate of drug-likeness (QED) is 0.534. The van der Waals surface area contributed by atoms with Crippen LogP contribution in [0.4, 0.5) is 0 Å². The highest BCUT2D eigenvalue weighted by atomic mass is 16.2. The summed E-state index contributed by atoms with van der Waals surface area (Å²) < 4.78 is 0. The summed E-state index contributed by atoms with van der Waals surface area (Å²) in [4.78, 5) is 33.0. The van der Waals surface area contributed by atoms with Crippen LogP contribution in [0.2, 0.25) is 0 Å². The lowest BCUT2D eigenvalue weighted by Crippen LogP contribution is -2.48. The van der Waals surface area contributed by atoms with Crippen molar-refractivity contribution in [1.29, 1.82) is 0 Å². The molecule has 84 valence electrons. The van der Waals surface area contributed by atoms with Gasteiger partial charge in [0.2, 0.25) is 17.7 Å². The third-order valence-corrected chi connectivity index (χ3v) is 2.14. The van der Waals surface area contributed by atoms with E-state index in [1.165, 1.54) is 6.92 Å². The molecule has 1 aliphatic rings. The Morgan fingerprint density at radius 3 is 2.67 bits per heavy atom. The van der Waals surface area contributed by atoms with Crippen LogP contribution in [0.3, 0.4) is 0 Å². The number of nitrogens with one attached hydrogen (secondary N) is 3. The molecule has 3 amide bonds. The van der Waals surface area contributed by atoms with Gasteiger partial charge < -0.3 is 16.0 Å². The standard InChI is InChI=1S/C9H15N3O3/c1-5(11-6(2)13)9(15)12-7-3-8(14)10-4-7/h5,7H,3-4H2,1-2H3,(H,10,14)(H,11,13)(H,12,15)/t5-,7+/m0/s1. The monoisotopic (exact) mass is 213 g/mol. The largest absolute Gasteiger partial charge is 0.354 e. The van der Waals surface area contributed by atoms with E-state index >= 15 is 0 Å². The molecule has 0 unspecified atom stereocenters. The minimum absolute atomic E-state index is 0.0625. The Hall–Kier alpha value is -1.59. The van der Waals surface area contributed by atoms with Crippen LogP contribution < -0.4 is 16.0 Å². The SMILES string of the molecule is CC(=O)N[C@@H](C)C(=O)N[C@H]1CNC(=O)C1. The van der Waals surface area contributed by atoms with Crippen LogP contribution in [0.5, 0.6) is 0 Å². The molecule has 0 radical (unpaired) electrons. The third-order valence-electron chi connectivity index (χ3n) is 2.14. The molecule has 0 saturated carbocycles. The molecule has 0 spiro atoms. The van der Waals surface area contributed by atoms with E-state index in [-0.39, 0.29) is 23.8 Å². The topological polar surface area (TPSA) is 87.3 Å². The maximum Gasteiger partial charge on any atom is 0.242 e. The third kappa shape index (κ3) is 3.57. The second-order valence-corrected chi connectivity index (χ2v) is 3.64. The first-order valence-corrected chi connectivity index (χ1v) is 4.83. The van der Waals surface area contributed by atoms with Crippen molar-refractivity contribution in [2.45, 2.75) is 32.4 Å². The number of carbonyl (C=O) groups excluding carboxylic acids is 3. The highest BCUT2D eigenvalue weighted by molar-refractivity contribution is 5.87. The van der Waals surface area contributed by atoms with Gasteiger partial charge in [-0.25, -0.2) is 0 Å². The molecule has 6 heteroatoms. The van der Waals surface area contributed by atoms with Gasteiger partial charge in [-0.05, 0) is 6.92 Å². The van der Waals surface area contributed by atoms with Crippen molar-refractivity contribution in [2.24, 2.45) is 0 Å². The second-order valence-electron chi connectivity index (χ2n) is 3.64. The Bertz CT molecular complexity index is 290. The number of hydrogen-bond acceptors (Lipinski definition) is 3. The van der Waals surface area contributed by atoms with Crippen LogP contribution in [-0.4, -0.2) is 36.3 Å². The van der Waals surface area contributed by atoms with E-state index in [1.54, 1.807) is 6.92 Å². The Morgan fingerprint density at radius 2 is 2.20 bits per heavy atom. The van der Waals surface area contributed by atoms with Crippen molar-refractivity contribution >= 4 is 17.7 Å². The summed E-state index contributed by atoms with van der Waals surface area (Å²) >= 11 is 0. The smallest absolute Gasteiger partial charge is 0.242 e. The van der Waals surface area contributed by atoms with Crippen LogP contribution in [0.25, 0.3) is 0 Å². The van der Waals surface area contributed by atoms with Gasteiger partial charge in [-0.15, -0.1) is 0 Å². The van der Waals surface area contributed by atoms with Crippen LogP contribution >= 0.6 is 0 Å². The van der Waals surface area contributed by atoms with E-state index in [2.05, 4.69) is 16.0 Å². The van der Waals surface area contributed by atoms with Crippen LogP contribution in [0.15, 0.2) is 0 Å². The molecule has 3 N–H and O–H groups in total. The van der Waals surface area contributed by atoms with Gasteiger partial charge in [-0.1, -0.05) is 0 Å². The molecule has 2 atom stereocenters. The van der Waals surface area contributed by atoms with E-state index < -0.39 is 6.04 Å². The fraction of sp³-hybridized carbons (Fsp3) is 0.667. The highest BCUT2D eigenvalue weighted by Gasteiger charge is 2.24. The summed E-state index contributed by atoms with van der Waals surface area (Å²) in [7, 11) is 0. The molecular formula is C9H15N3O3. The Balaban J connectivity index is 2.35. The predicted octanol–water partition coefficient (Wildman–Crippen LogP) is -1.48. The van der Waals surface area contributed by atoms with E-state index in [0.717, 1.165) is 0 Å². The van der Waals surface area contributed by atoms with Crippen LogP contribution in [-0.2, 0) is 14.4 Å². The number of hydrogen-bond donors (Lipinski definition) is 3. The summed E-state index contributed by atoms with van der Waals surface area (Å²) in [5, 5.41) is 7.76. The van der Waals surface area contributed by atoms with E-state index in [1.807, 2.05) is 0 Å². The zero-order valence-electron chi connectivity index (χ0n) is 8.79. The molecule has 1 rings (SSSR count). The van der Waals surface area contributed by atoms with E-state index in [0.29, 0.717) is 13.0 Å². The molecular weight excluding hydrogens is 198 g/mol. The van der Waals surface area contributed by atoms with Crippen molar-refractivity contribution in [1.82, 2.24) is 16.0 Å². The summed E-state index contributed by atoms with van der Waals surface area (Å²) in [6, 6.07) is -0.737. The van der Waals surface area contributed by atoms with Crippen molar-refractivity contribution in [3.63, 3.8) is 0 Å². The first kappa shape index (κ1) is 11.5. The van der Waals surface area contributed by atoms with Gasteiger partial charge in [0.1, 0.15) is 6.04 Å². The minimum atomic E-state index is -0.571. The lowest BCUT2D eigenvalue weighted by molar-refractivity contribution is -0.128. The van der Waals surface area contributed by atoms with Crippen LogP contribution in [0, 0.1) is 0 Å². The van der Waals surface area contributed by atoms with Gasteiger partial charge in [-0.2, -0.15) is 0 Å². The zero-order valence-corrected chi connectivity index (χ0v) is 8.79.